The van der Waals surface area contributed by atoms with E-state index in [-0.39, 0.29) is 19.0 Å². The van der Waals surface area contributed by atoms with Crippen LogP contribution in [0.5, 0.6) is 0 Å². The maximum atomic E-state index is 13.3. The average Bonchev–Trinajstić information content (AvgIpc) is 2.93. The van der Waals surface area contributed by atoms with Gasteiger partial charge < -0.3 is 5.11 Å². The highest BCUT2D eigenvalue weighted by Gasteiger charge is 2.81. The maximum Gasteiger partial charge on any atom is 0.432 e. The minimum atomic E-state index is -4.67. The quantitative estimate of drug-likeness (QED) is 0.840. The molecule has 104 valence electrons. The number of alkyl halides is 4. The Labute approximate surface area is 117 Å². The average molecular weight is 336 g/mol. The summed E-state index contributed by atoms with van der Waals surface area (Å²) in [7, 11) is 0. The number of fused-ring (bicyclic) bond motifs is 1. The smallest absolute Gasteiger partial charge is 0.367 e. The van der Waals surface area contributed by atoms with E-state index in [1.807, 2.05) is 6.07 Å². The molecule has 19 heavy (non-hydrogen) atoms. The molecule has 1 aliphatic heterocycles. The molecule has 3 rings (SSSR count). The summed E-state index contributed by atoms with van der Waals surface area (Å²) >= 11 is 3.12. The van der Waals surface area contributed by atoms with E-state index < -0.39 is 16.2 Å². The van der Waals surface area contributed by atoms with Crippen molar-refractivity contribution in [3.8, 4) is 0 Å². The molecule has 0 radical (unpaired) electrons. The van der Waals surface area contributed by atoms with E-state index in [2.05, 4.69) is 15.9 Å². The van der Waals surface area contributed by atoms with Gasteiger partial charge in [-0.3, -0.25) is 4.90 Å². The predicted molar refractivity (Wildman–Crippen MR) is 67.6 cm³/mol. The zero-order chi connectivity index (χ0) is 13.9. The molecule has 1 N–H and O–H groups in total. The van der Waals surface area contributed by atoms with E-state index >= 15 is 0 Å². The summed E-state index contributed by atoms with van der Waals surface area (Å²) in [5.41, 5.74) is -2.01. The lowest BCUT2D eigenvalue weighted by molar-refractivity contribution is -0.311. The van der Waals surface area contributed by atoms with Crippen LogP contribution in [0.1, 0.15) is 12.0 Å². The number of benzene rings is 1. The van der Waals surface area contributed by atoms with Crippen molar-refractivity contribution in [3.63, 3.8) is 0 Å². The fraction of sp³-hybridized carbons (Fsp3) is 0.538. The van der Waals surface area contributed by atoms with Gasteiger partial charge in [-0.25, -0.2) is 0 Å². The summed E-state index contributed by atoms with van der Waals surface area (Å²) in [6.45, 7) is 0.358. The van der Waals surface area contributed by atoms with E-state index in [0.717, 1.165) is 10.5 Å². The van der Waals surface area contributed by atoms with Gasteiger partial charge in [0.2, 0.25) is 5.72 Å². The van der Waals surface area contributed by atoms with Gasteiger partial charge in [0.05, 0.1) is 4.32 Å². The standard InChI is InChI=1S/C13H13BrF3NO/c14-11-6-10(11)8-18(12(11,19)13(15,16)17)7-9-4-2-1-3-5-9/h1-5,10,19H,6-8H2/t10-,11+,12-/m1/s1. The number of rotatable bonds is 2. The summed E-state index contributed by atoms with van der Waals surface area (Å²) in [6.07, 6.45) is -4.30. The van der Waals surface area contributed by atoms with Gasteiger partial charge in [0.15, 0.2) is 0 Å². The predicted octanol–water partition coefficient (Wildman–Crippen LogP) is 2.91. The summed E-state index contributed by atoms with van der Waals surface area (Å²) in [6, 6.07) is 8.90. The van der Waals surface area contributed by atoms with Crippen LogP contribution in [-0.4, -0.2) is 32.8 Å². The molecule has 1 aliphatic carbocycles. The van der Waals surface area contributed by atoms with Crippen molar-refractivity contribution in [2.45, 2.75) is 29.2 Å². The van der Waals surface area contributed by atoms with Crippen LogP contribution in [0, 0.1) is 5.92 Å². The highest BCUT2D eigenvalue weighted by molar-refractivity contribution is 9.10. The molecule has 2 fully saturated rings. The number of nitrogens with zero attached hydrogens (tertiary/aromatic N) is 1. The Bertz CT molecular complexity index is 494. The molecule has 1 aromatic rings. The summed E-state index contributed by atoms with van der Waals surface area (Å²) in [4.78, 5) is 1.13. The van der Waals surface area contributed by atoms with E-state index in [0.29, 0.717) is 6.42 Å². The third kappa shape index (κ3) is 1.76. The number of piperidine rings is 1. The third-order valence-corrected chi connectivity index (χ3v) is 5.64. The first-order valence-corrected chi connectivity index (χ1v) is 6.85. The SMILES string of the molecule is O[C@]1(C(F)(F)F)N(Cc2ccccc2)C[C@H]2C[C@]21Br. The molecule has 3 atom stereocenters. The van der Waals surface area contributed by atoms with Gasteiger partial charge in [-0.15, -0.1) is 0 Å². The first-order chi connectivity index (χ1) is 8.79. The van der Waals surface area contributed by atoms with Gasteiger partial charge in [-0.05, 0) is 17.9 Å². The minimum absolute atomic E-state index is 0.0979. The molecule has 1 saturated heterocycles. The molecule has 0 aromatic heterocycles. The van der Waals surface area contributed by atoms with Crippen molar-refractivity contribution in [3.05, 3.63) is 35.9 Å². The zero-order valence-corrected chi connectivity index (χ0v) is 11.6. The van der Waals surface area contributed by atoms with Gasteiger partial charge >= 0.3 is 6.18 Å². The topological polar surface area (TPSA) is 23.5 Å². The number of hydrogen-bond donors (Lipinski definition) is 1. The molecule has 1 aromatic carbocycles. The molecule has 0 amide bonds. The van der Waals surface area contributed by atoms with Gasteiger partial charge in [0.1, 0.15) is 0 Å². The third-order valence-electron chi connectivity index (χ3n) is 4.12. The maximum absolute atomic E-state index is 13.3. The fourth-order valence-electron chi connectivity index (χ4n) is 2.99. The highest BCUT2D eigenvalue weighted by atomic mass is 79.9. The van der Waals surface area contributed by atoms with Crippen LogP contribution in [0.3, 0.4) is 0 Å². The van der Waals surface area contributed by atoms with Crippen LogP contribution in [0.25, 0.3) is 0 Å². The van der Waals surface area contributed by atoms with Crippen LogP contribution in [0.4, 0.5) is 13.2 Å². The molecule has 0 bridgehead atoms. The van der Waals surface area contributed by atoms with Gasteiger partial charge in [-0.2, -0.15) is 13.2 Å². The first kappa shape index (κ1) is 13.4. The van der Waals surface area contributed by atoms with E-state index in [1.165, 1.54) is 0 Å². The second-order valence-electron chi connectivity index (χ2n) is 5.30. The van der Waals surface area contributed by atoms with Crippen molar-refractivity contribution in [2.24, 2.45) is 5.92 Å². The summed E-state index contributed by atoms with van der Waals surface area (Å²) in [5.74, 6) is -0.136. The van der Waals surface area contributed by atoms with Crippen molar-refractivity contribution in [1.29, 1.82) is 0 Å². The van der Waals surface area contributed by atoms with Crippen molar-refractivity contribution < 1.29 is 18.3 Å². The van der Waals surface area contributed by atoms with Crippen LogP contribution >= 0.6 is 15.9 Å². The van der Waals surface area contributed by atoms with Crippen LogP contribution in [0.15, 0.2) is 30.3 Å². The second-order valence-corrected chi connectivity index (χ2v) is 6.71. The Kier molecular flexibility index (Phi) is 2.79. The van der Waals surface area contributed by atoms with E-state index in [1.54, 1.807) is 24.3 Å². The monoisotopic (exact) mass is 335 g/mol. The number of halogens is 4. The van der Waals surface area contributed by atoms with Gasteiger partial charge in [0, 0.05) is 13.1 Å². The number of hydrogen-bond acceptors (Lipinski definition) is 2. The molecule has 2 nitrogen and oxygen atoms in total. The number of aliphatic hydroxyl groups is 1. The van der Waals surface area contributed by atoms with Crippen LogP contribution in [0.2, 0.25) is 0 Å². The Balaban J connectivity index is 1.90. The van der Waals surface area contributed by atoms with E-state index in [9.17, 15) is 18.3 Å². The molecule has 1 heterocycles. The largest absolute Gasteiger partial charge is 0.432 e. The Morgan fingerprint density at radius 1 is 1.32 bits per heavy atom. The van der Waals surface area contributed by atoms with Crippen LogP contribution < -0.4 is 0 Å². The van der Waals surface area contributed by atoms with Crippen molar-refractivity contribution >= 4 is 15.9 Å². The molecular formula is C13H13BrF3NO. The number of likely N-dealkylation sites (tertiary alicyclic amines) is 1. The molecular weight excluding hydrogens is 323 g/mol. The molecule has 0 unspecified atom stereocenters. The minimum Gasteiger partial charge on any atom is -0.367 e. The molecule has 1 saturated carbocycles. The lowest BCUT2D eigenvalue weighted by Crippen LogP contribution is -2.62. The van der Waals surface area contributed by atoms with Crippen molar-refractivity contribution in [2.75, 3.05) is 6.54 Å². The lowest BCUT2D eigenvalue weighted by atomic mass is 10.1. The normalized spacial score (nSPS) is 38.3. The Morgan fingerprint density at radius 3 is 2.53 bits per heavy atom. The molecule has 6 heteroatoms. The van der Waals surface area contributed by atoms with E-state index in [4.69, 9.17) is 0 Å². The van der Waals surface area contributed by atoms with Gasteiger partial charge in [0.25, 0.3) is 0 Å². The molecule has 0 spiro atoms. The zero-order valence-electron chi connectivity index (χ0n) is 9.99. The van der Waals surface area contributed by atoms with Crippen LogP contribution in [-0.2, 0) is 6.54 Å². The summed E-state index contributed by atoms with van der Waals surface area (Å²) < 4.78 is 38.7. The highest BCUT2D eigenvalue weighted by Crippen LogP contribution is 2.68. The second kappa shape index (κ2) is 3.96. The Hall–Kier alpha value is -0.590. The lowest BCUT2D eigenvalue weighted by Gasteiger charge is -2.40. The van der Waals surface area contributed by atoms with Gasteiger partial charge in [-0.1, -0.05) is 46.3 Å². The first-order valence-electron chi connectivity index (χ1n) is 6.06. The van der Waals surface area contributed by atoms with Crippen molar-refractivity contribution in [1.82, 2.24) is 4.90 Å². The fourth-order valence-corrected chi connectivity index (χ4v) is 4.01. The molecule has 2 aliphatic rings. The Morgan fingerprint density at radius 2 is 1.95 bits per heavy atom. The summed E-state index contributed by atoms with van der Waals surface area (Å²) in [5, 5.41) is 10.3.